The molecule has 1 fully saturated rings. The summed E-state index contributed by atoms with van der Waals surface area (Å²) in [6.45, 7) is 1.35. The summed E-state index contributed by atoms with van der Waals surface area (Å²) < 4.78 is 63.6. The number of hydrogen-bond acceptors (Lipinski definition) is 5. The predicted molar refractivity (Wildman–Crippen MR) is 70.2 cm³/mol. The van der Waals surface area contributed by atoms with Crippen molar-refractivity contribution < 1.29 is 22.0 Å². The maximum atomic E-state index is 12.7. The van der Waals surface area contributed by atoms with Crippen LogP contribution in [0, 0.1) is 0 Å². The van der Waals surface area contributed by atoms with Crippen LogP contribution in [-0.4, -0.2) is 39.1 Å². The largest absolute Gasteiger partial charge is 0.408 e. The highest BCUT2D eigenvalue weighted by atomic mass is 35.5. The first-order valence-corrected chi connectivity index (χ1v) is 6.86. The number of halogens is 6. The Morgan fingerprint density at radius 2 is 1.82 bits per heavy atom. The van der Waals surface area contributed by atoms with Crippen molar-refractivity contribution in [3.8, 4) is 0 Å². The van der Waals surface area contributed by atoms with Crippen LogP contribution in [0.25, 0.3) is 0 Å². The van der Waals surface area contributed by atoms with Crippen LogP contribution in [0.15, 0.2) is 0 Å². The van der Waals surface area contributed by atoms with Crippen molar-refractivity contribution in [1.82, 2.24) is 15.0 Å². The van der Waals surface area contributed by atoms with Gasteiger partial charge < -0.3 is 10.6 Å². The lowest BCUT2D eigenvalue weighted by Crippen LogP contribution is -2.44. The quantitative estimate of drug-likeness (QED) is 0.800. The van der Waals surface area contributed by atoms with E-state index in [0.29, 0.717) is 0 Å². The summed E-state index contributed by atoms with van der Waals surface area (Å²) in [6, 6.07) is -2.39. The van der Waals surface area contributed by atoms with Crippen LogP contribution in [0.1, 0.15) is 26.2 Å². The summed E-state index contributed by atoms with van der Waals surface area (Å²) in [5, 5.41) is 4.38. The molecule has 1 aromatic rings. The molecule has 22 heavy (non-hydrogen) atoms. The summed E-state index contributed by atoms with van der Waals surface area (Å²) in [5.41, 5.74) is 0. The van der Waals surface area contributed by atoms with Gasteiger partial charge in [-0.05, 0) is 18.0 Å². The third-order valence-corrected chi connectivity index (χ3v) is 3.31. The third kappa shape index (κ3) is 4.28. The molecule has 0 aliphatic heterocycles. The highest BCUT2D eigenvalue weighted by Crippen LogP contribution is 2.38. The predicted octanol–water partition coefficient (Wildman–Crippen LogP) is 3.49. The van der Waals surface area contributed by atoms with Gasteiger partial charge in [-0.1, -0.05) is 6.92 Å². The monoisotopic (exact) mass is 345 g/mol. The molecule has 0 saturated heterocycles. The zero-order valence-electron chi connectivity index (χ0n) is 11.4. The standard InChI is InChI=1S/C11H13ClF5N5/c1-2-6(11(15,16)17)19-9-21-7(12)20-8(22-9)18-5-3-10(13,14)4-5/h5-6H,2-4H2,1H3,(H2,18,19,20,21,22). The van der Waals surface area contributed by atoms with Gasteiger partial charge in [0.05, 0.1) is 0 Å². The van der Waals surface area contributed by atoms with Crippen molar-refractivity contribution in [2.24, 2.45) is 0 Å². The normalized spacial score (nSPS) is 19.4. The van der Waals surface area contributed by atoms with E-state index in [1.807, 2.05) is 0 Å². The minimum absolute atomic E-state index is 0.139. The molecule has 0 bridgehead atoms. The Hall–Kier alpha value is -1.45. The molecule has 124 valence electrons. The molecule has 1 aliphatic carbocycles. The maximum Gasteiger partial charge on any atom is 0.408 e. The number of alkyl halides is 5. The minimum Gasteiger partial charge on any atom is -0.351 e. The molecule has 1 aromatic heterocycles. The first-order chi connectivity index (χ1) is 10.1. The number of nitrogens with one attached hydrogen (secondary N) is 2. The summed E-state index contributed by atoms with van der Waals surface area (Å²) in [7, 11) is 0. The van der Waals surface area contributed by atoms with Gasteiger partial charge in [0, 0.05) is 18.9 Å². The van der Waals surface area contributed by atoms with Crippen LogP contribution in [0.4, 0.5) is 33.8 Å². The summed E-state index contributed by atoms with van der Waals surface area (Å²) in [5.74, 6) is -3.24. The summed E-state index contributed by atoms with van der Waals surface area (Å²) >= 11 is 5.62. The van der Waals surface area contributed by atoms with E-state index < -0.39 is 24.2 Å². The van der Waals surface area contributed by atoms with E-state index in [0.717, 1.165) is 0 Å². The van der Waals surface area contributed by atoms with Crippen LogP contribution >= 0.6 is 11.6 Å². The number of anilines is 2. The lowest BCUT2D eigenvalue weighted by atomic mass is 9.88. The molecule has 1 unspecified atom stereocenters. The molecule has 0 amide bonds. The molecule has 0 spiro atoms. The molecule has 1 heterocycles. The van der Waals surface area contributed by atoms with E-state index in [4.69, 9.17) is 11.6 Å². The van der Waals surface area contributed by atoms with Crippen molar-refractivity contribution in [3.05, 3.63) is 5.28 Å². The molecule has 2 N–H and O–H groups in total. The highest BCUT2D eigenvalue weighted by molar-refractivity contribution is 6.28. The van der Waals surface area contributed by atoms with E-state index in [-0.39, 0.29) is 36.4 Å². The van der Waals surface area contributed by atoms with Gasteiger partial charge in [0.2, 0.25) is 17.2 Å². The van der Waals surface area contributed by atoms with Crippen molar-refractivity contribution in [1.29, 1.82) is 0 Å². The molecule has 0 radical (unpaired) electrons. The lowest BCUT2D eigenvalue weighted by Gasteiger charge is -2.35. The zero-order valence-corrected chi connectivity index (χ0v) is 12.1. The van der Waals surface area contributed by atoms with Crippen molar-refractivity contribution in [2.45, 2.75) is 50.4 Å². The number of hydrogen-bond donors (Lipinski definition) is 2. The van der Waals surface area contributed by atoms with Crippen LogP contribution in [0.3, 0.4) is 0 Å². The second-order valence-corrected chi connectivity index (χ2v) is 5.34. The van der Waals surface area contributed by atoms with Crippen molar-refractivity contribution in [3.63, 3.8) is 0 Å². The molecule has 1 saturated carbocycles. The molecular weight excluding hydrogens is 333 g/mol. The van der Waals surface area contributed by atoms with Gasteiger partial charge in [0.15, 0.2) is 0 Å². The molecule has 5 nitrogen and oxygen atoms in total. The topological polar surface area (TPSA) is 62.7 Å². The van der Waals surface area contributed by atoms with E-state index in [2.05, 4.69) is 25.6 Å². The van der Waals surface area contributed by atoms with Crippen molar-refractivity contribution in [2.75, 3.05) is 10.6 Å². The lowest BCUT2D eigenvalue weighted by molar-refractivity contribution is -0.143. The van der Waals surface area contributed by atoms with Gasteiger partial charge >= 0.3 is 6.18 Å². The molecule has 1 aliphatic rings. The first-order valence-electron chi connectivity index (χ1n) is 6.48. The molecule has 0 aromatic carbocycles. The van der Waals surface area contributed by atoms with E-state index in [9.17, 15) is 22.0 Å². The molecule has 11 heteroatoms. The highest BCUT2D eigenvalue weighted by Gasteiger charge is 2.45. The Labute approximate surface area is 127 Å². The molecular formula is C11H13ClF5N5. The Morgan fingerprint density at radius 1 is 1.23 bits per heavy atom. The maximum absolute atomic E-state index is 12.7. The van der Waals surface area contributed by atoms with Crippen LogP contribution in [0.2, 0.25) is 5.28 Å². The number of nitrogens with zero attached hydrogens (tertiary/aromatic N) is 3. The fraction of sp³-hybridized carbons (Fsp3) is 0.727. The van der Waals surface area contributed by atoms with Gasteiger partial charge in [0.1, 0.15) is 6.04 Å². The van der Waals surface area contributed by atoms with Crippen LogP contribution in [0.5, 0.6) is 0 Å². The van der Waals surface area contributed by atoms with Crippen LogP contribution in [-0.2, 0) is 0 Å². The Bertz CT molecular complexity index is 530. The molecule has 2 rings (SSSR count). The Morgan fingerprint density at radius 3 is 2.32 bits per heavy atom. The third-order valence-electron chi connectivity index (χ3n) is 3.14. The fourth-order valence-electron chi connectivity index (χ4n) is 2.00. The number of aromatic nitrogens is 3. The molecule has 1 atom stereocenters. The first kappa shape index (κ1) is 16.9. The van der Waals surface area contributed by atoms with E-state index in [1.165, 1.54) is 6.92 Å². The summed E-state index contributed by atoms with van der Waals surface area (Å²) in [6.07, 6.45) is -5.49. The minimum atomic E-state index is -4.47. The second kappa shape index (κ2) is 5.98. The van der Waals surface area contributed by atoms with Gasteiger partial charge in [-0.25, -0.2) is 8.78 Å². The van der Waals surface area contributed by atoms with Crippen molar-refractivity contribution >= 4 is 23.5 Å². The van der Waals surface area contributed by atoms with E-state index in [1.54, 1.807) is 0 Å². The van der Waals surface area contributed by atoms with Gasteiger partial charge in [-0.3, -0.25) is 0 Å². The Balaban J connectivity index is 2.07. The second-order valence-electron chi connectivity index (χ2n) is 5.00. The fourth-order valence-corrected chi connectivity index (χ4v) is 2.16. The zero-order chi connectivity index (χ0) is 16.5. The average molecular weight is 346 g/mol. The van der Waals surface area contributed by atoms with Gasteiger partial charge in [-0.15, -0.1) is 0 Å². The van der Waals surface area contributed by atoms with Crippen LogP contribution < -0.4 is 10.6 Å². The summed E-state index contributed by atoms with van der Waals surface area (Å²) in [4.78, 5) is 11.0. The van der Waals surface area contributed by atoms with Gasteiger partial charge in [-0.2, -0.15) is 28.1 Å². The smallest absolute Gasteiger partial charge is 0.351 e. The van der Waals surface area contributed by atoms with E-state index >= 15 is 0 Å². The number of rotatable bonds is 5. The average Bonchev–Trinajstić information content (AvgIpc) is 2.31. The van der Waals surface area contributed by atoms with Gasteiger partial charge in [0.25, 0.3) is 5.92 Å². The Kier molecular flexibility index (Phi) is 4.59. The SMILES string of the molecule is CCC(Nc1nc(Cl)nc(NC2CC(F)(F)C2)n1)C(F)(F)F.